The molecule has 1 amide bonds. The van der Waals surface area contributed by atoms with E-state index < -0.39 is 5.97 Å². The lowest BCUT2D eigenvalue weighted by Gasteiger charge is -2.22. The number of H-pyrrole nitrogens is 1. The van der Waals surface area contributed by atoms with Crippen LogP contribution in [0.25, 0.3) is 10.9 Å². The maximum atomic E-state index is 12.3. The van der Waals surface area contributed by atoms with Gasteiger partial charge in [0.2, 0.25) is 5.91 Å². The third kappa shape index (κ3) is 5.45. The number of nitrogens with one attached hydrogen (secondary N) is 1. The van der Waals surface area contributed by atoms with Crippen LogP contribution < -0.4 is 4.90 Å². The van der Waals surface area contributed by atoms with Gasteiger partial charge in [0, 0.05) is 43.5 Å². The van der Waals surface area contributed by atoms with Crippen LogP contribution in [0.1, 0.15) is 28.5 Å². The molecule has 0 bridgehead atoms. The highest BCUT2D eigenvalue weighted by molar-refractivity contribution is 6.22. The van der Waals surface area contributed by atoms with Crippen molar-refractivity contribution in [1.29, 1.82) is 0 Å². The number of hydrogen-bond donors (Lipinski definition) is 2. The number of ether oxygens (including phenoxy) is 1. The van der Waals surface area contributed by atoms with Gasteiger partial charge >= 0.3 is 5.97 Å². The van der Waals surface area contributed by atoms with Crippen LogP contribution in [0.4, 0.5) is 11.4 Å². The Hall–Kier alpha value is -4.66. The standard InChI is InChI=1S/C28H29N5O4/c1-5-32(2)24(34)17-33(3)20-13-11-19(12-14-20)30-26(18-9-7-6-8-10-18)25-21-16-29-23(28(36)37-4)15-22(21)31-27(25)35/h6-16,31,35H,5,17H2,1-4H3. The molecule has 0 aliphatic rings. The number of carbonyl (C=O) groups is 2. The number of methoxy groups -OCH3 is 1. The van der Waals surface area contributed by atoms with Gasteiger partial charge in [-0.1, -0.05) is 30.3 Å². The van der Waals surface area contributed by atoms with Crippen molar-refractivity contribution in [3.8, 4) is 5.88 Å². The summed E-state index contributed by atoms with van der Waals surface area (Å²) in [5, 5.41) is 11.5. The number of esters is 1. The maximum absolute atomic E-state index is 12.3. The SMILES string of the molecule is CCN(C)C(=O)CN(C)c1ccc(N=C(c2ccccc2)c2c(O)[nH]c3cc(C(=O)OC)ncc23)cc1. The van der Waals surface area contributed by atoms with E-state index in [1.807, 2.05) is 73.5 Å². The molecular weight excluding hydrogens is 470 g/mol. The average molecular weight is 500 g/mol. The first-order valence-electron chi connectivity index (χ1n) is 11.8. The minimum absolute atomic E-state index is 0.0391. The van der Waals surface area contributed by atoms with Gasteiger partial charge in [-0.15, -0.1) is 0 Å². The summed E-state index contributed by atoms with van der Waals surface area (Å²) in [5.74, 6) is -0.615. The van der Waals surface area contributed by atoms with Crippen LogP contribution in [-0.2, 0) is 9.53 Å². The number of likely N-dealkylation sites (N-methyl/N-ethyl adjacent to an activating group) is 2. The number of benzene rings is 2. The molecule has 0 fully saturated rings. The van der Waals surface area contributed by atoms with Gasteiger partial charge in [-0.05, 0) is 37.3 Å². The number of fused-ring (bicyclic) bond motifs is 1. The highest BCUT2D eigenvalue weighted by atomic mass is 16.5. The lowest BCUT2D eigenvalue weighted by Crippen LogP contribution is -2.36. The fourth-order valence-corrected chi connectivity index (χ4v) is 3.89. The number of amides is 1. The van der Waals surface area contributed by atoms with Crippen LogP contribution >= 0.6 is 0 Å². The van der Waals surface area contributed by atoms with Gasteiger partial charge in [-0.25, -0.2) is 14.8 Å². The van der Waals surface area contributed by atoms with Gasteiger partial charge in [-0.2, -0.15) is 0 Å². The second kappa shape index (κ2) is 10.9. The van der Waals surface area contributed by atoms with E-state index in [9.17, 15) is 14.7 Å². The summed E-state index contributed by atoms with van der Waals surface area (Å²) in [7, 11) is 4.94. The van der Waals surface area contributed by atoms with E-state index in [4.69, 9.17) is 9.73 Å². The first-order chi connectivity index (χ1) is 17.8. The fourth-order valence-electron chi connectivity index (χ4n) is 3.89. The van der Waals surface area contributed by atoms with Crippen LogP contribution in [0.2, 0.25) is 0 Å². The Kier molecular flexibility index (Phi) is 7.52. The number of rotatable bonds is 8. The van der Waals surface area contributed by atoms with Gasteiger partial charge in [0.15, 0.2) is 5.88 Å². The third-order valence-electron chi connectivity index (χ3n) is 6.15. The Balaban J connectivity index is 1.73. The van der Waals surface area contributed by atoms with Crippen molar-refractivity contribution in [1.82, 2.24) is 14.9 Å². The molecule has 2 heterocycles. The van der Waals surface area contributed by atoms with Crippen LogP contribution in [-0.4, -0.2) is 71.9 Å². The number of carbonyl (C=O) groups excluding carboxylic acids is 2. The molecule has 9 nitrogen and oxygen atoms in total. The van der Waals surface area contributed by atoms with Crippen molar-refractivity contribution in [2.75, 3.05) is 39.2 Å². The molecule has 4 rings (SSSR count). The molecule has 0 radical (unpaired) electrons. The molecule has 0 spiro atoms. The first kappa shape index (κ1) is 25.4. The van der Waals surface area contributed by atoms with E-state index in [2.05, 4.69) is 9.97 Å². The largest absolute Gasteiger partial charge is 0.494 e. The molecular formula is C28H29N5O4. The Morgan fingerprint density at radius 3 is 2.43 bits per heavy atom. The minimum atomic E-state index is -0.567. The predicted molar refractivity (Wildman–Crippen MR) is 144 cm³/mol. The summed E-state index contributed by atoms with van der Waals surface area (Å²) >= 11 is 0. The average Bonchev–Trinajstić information content (AvgIpc) is 3.25. The van der Waals surface area contributed by atoms with Crippen molar-refractivity contribution >= 4 is 39.9 Å². The van der Waals surface area contributed by atoms with Gasteiger partial charge in [0.25, 0.3) is 0 Å². The quantitative estimate of drug-likeness (QED) is 0.278. The zero-order chi connectivity index (χ0) is 26.5. The number of pyridine rings is 1. The zero-order valence-corrected chi connectivity index (χ0v) is 21.2. The van der Waals surface area contributed by atoms with E-state index in [0.29, 0.717) is 34.4 Å². The molecule has 37 heavy (non-hydrogen) atoms. The van der Waals surface area contributed by atoms with Crippen molar-refractivity contribution in [2.24, 2.45) is 4.99 Å². The number of aromatic amines is 1. The smallest absolute Gasteiger partial charge is 0.356 e. The third-order valence-corrected chi connectivity index (χ3v) is 6.15. The Labute approximate surface area is 215 Å². The lowest BCUT2D eigenvalue weighted by molar-refractivity contribution is -0.128. The number of anilines is 1. The normalized spacial score (nSPS) is 11.4. The van der Waals surface area contributed by atoms with Crippen molar-refractivity contribution < 1.29 is 19.4 Å². The molecule has 2 aromatic carbocycles. The molecule has 0 aliphatic heterocycles. The van der Waals surface area contributed by atoms with Gasteiger partial charge in [0.1, 0.15) is 5.69 Å². The molecule has 0 atom stereocenters. The molecule has 190 valence electrons. The Morgan fingerprint density at radius 2 is 1.78 bits per heavy atom. The summed E-state index contributed by atoms with van der Waals surface area (Å²) < 4.78 is 4.76. The highest BCUT2D eigenvalue weighted by Gasteiger charge is 2.20. The van der Waals surface area contributed by atoms with Crippen LogP contribution in [0.3, 0.4) is 0 Å². The summed E-state index contributed by atoms with van der Waals surface area (Å²) in [5.41, 5.74) is 4.02. The van der Waals surface area contributed by atoms with Crippen molar-refractivity contribution in [3.05, 3.63) is 83.7 Å². The van der Waals surface area contributed by atoms with E-state index in [-0.39, 0.29) is 24.0 Å². The molecule has 0 saturated carbocycles. The van der Waals surface area contributed by atoms with Gasteiger partial charge < -0.3 is 24.6 Å². The number of aliphatic imine (C=N–C) groups is 1. The zero-order valence-electron chi connectivity index (χ0n) is 21.2. The van der Waals surface area contributed by atoms with E-state index in [0.717, 1.165) is 11.3 Å². The van der Waals surface area contributed by atoms with Crippen LogP contribution in [0.15, 0.2) is 71.9 Å². The second-order valence-electron chi connectivity index (χ2n) is 8.56. The Morgan fingerprint density at radius 1 is 1.08 bits per heavy atom. The molecule has 2 aromatic heterocycles. The van der Waals surface area contributed by atoms with E-state index in [1.54, 1.807) is 11.9 Å². The molecule has 0 saturated heterocycles. The lowest BCUT2D eigenvalue weighted by atomic mass is 10.0. The van der Waals surface area contributed by atoms with Crippen molar-refractivity contribution in [2.45, 2.75) is 6.92 Å². The molecule has 9 heteroatoms. The summed E-state index contributed by atoms with van der Waals surface area (Å²) in [6, 6.07) is 18.6. The van der Waals surface area contributed by atoms with Crippen molar-refractivity contribution in [3.63, 3.8) is 0 Å². The van der Waals surface area contributed by atoms with Crippen LogP contribution in [0, 0.1) is 0 Å². The minimum Gasteiger partial charge on any atom is -0.494 e. The second-order valence-corrected chi connectivity index (χ2v) is 8.56. The fraction of sp³-hybridized carbons (Fsp3) is 0.214. The Bertz CT molecular complexity index is 1440. The maximum Gasteiger partial charge on any atom is 0.356 e. The van der Waals surface area contributed by atoms with Gasteiger partial charge in [0.05, 0.1) is 36.1 Å². The molecule has 0 unspecified atom stereocenters. The topological polar surface area (TPSA) is 111 Å². The number of aromatic nitrogens is 2. The predicted octanol–water partition coefficient (Wildman–Crippen LogP) is 4.14. The molecule has 0 aliphatic carbocycles. The monoisotopic (exact) mass is 499 g/mol. The highest BCUT2D eigenvalue weighted by Crippen LogP contribution is 2.32. The number of nitrogens with zero attached hydrogens (tertiary/aromatic N) is 4. The van der Waals surface area contributed by atoms with E-state index in [1.165, 1.54) is 19.4 Å². The molecule has 2 N–H and O–H groups in total. The summed E-state index contributed by atoms with van der Waals surface area (Å²) in [6.07, 6.45) is 1.52. The van der Waals surface area contributed by atoms with E-state index >= 15 is 0 Å². The first-order valence-corrected chi connectivity index (χ1v) is 11.8. The van der Waals surface area contributed by atoms with Gasteiger partial charge in [-0.3, -0.25) is 4.79 Å². The number of hydrogen-bond acceptors (Lipinski definition) is 7. The summed E-state index contributed by atoms with van der Waals surface area (Å²) in [4.78, 5) is 39.8. The summed E-state index contributed by atoms with van der Waals surface area (Å²) in [6.45, 7) is 2.86. The van der Waals surface area contributed by atoms with Crippen LogP contribution in [0.5, 0.6) is 5.88 Å². The molecule has 4 aromatic rings. The number of aromatic hydroxyl groups is 1.